The number of aromatic carboxylic acids is 1. The number of halogens is 1. The number of hydrogen-bond acceptors (Lipinski definition) is 3. The van der Waals surface area contributed by atoms with E-state index in [-0.39, 0.29) is 11.3 Å². The van der Waals surface area contributed by atoms with E-state index in [1.165, 1.54) is 24.3 Å². The predicted octanol–water partition coefficient (Wildman–Crippen LogP) is 5.65. The van der Waals surface area contributed by atoms with Crippen LogP contribution in [0.4, 0.5) is 10.1 Å². The van der Waals surface area contributed by atoms with E-state index in [1.54, 1.807) is 13.1 Å². The molecule has 1 aromatic heterocycles. The van der Waals surface area contributed by atoms with Crippen molar-refractivity contribution in [2.45, 2.75) is 0 Å². The van der Waals surface area contributed by atoms with Crippen LogP contribution in [0, 0.1) is 5.82 Å². The quantitative estimate of drug-likeness (QED) is 0.493. The maximum absolute atomic E-state index is 13.3. The standard InChI is InChI=1S/C22H16FNO3/c1-24-18-12-19-17(11-16(18)13-5-3-2-4-6-13)20(22(25)26)21(27-19)14-7-9-15(23)10-8-14/h2-12,24H,1H3,(H,25,26). The van der Waals surface area contributed by atoms with Crippen LogP contribution >= 0.6 is 0 Å². The average molecular weight is 361 g/mol. The van der Waals surface area contributed by atoms with Crippen LogP contribution in [-0.4, -0.2) is 18.1 Å². The summed E-state index contributed by atoms with van der Waals surface area (Å²) in [7, 11) is 1.80. The SMILES string of the molecule is CNc1cc2oc(-c3ccc(F)cc3)c(C(=O)O)c2cc1-c1ccccc1. The minimum atomic E-state index is -1.09. The zero-order valence-electron chi connectivity index (χ0n) is 14.5. The van der Waals surface area contributed by atoms with Crippen LogP contribution in [0.1, 0.15) is 10.4 Å². The molecule has 0 atom stereocenters. The van der Waals surface area contributed by atoms with Crippen LogP contribution in [-0.2, 0) is 0 Å². The Bertz CT molecular complexity index is 1130. The van der Waals surface area contributed by atoms with E-state index in [9.17, 15) is 14.3 Å². The first-order valence-corrected chi connectivity index (χ1v) is 8.41. The molecular weight excluding hydrogens is 345 g/mol. The molecular formula is C22H16FNO3. The van der Waals surface area contributed by atoms with Crippen molar-refractivity contribution < 1.29 is 18.7 Å². The lowest BCUT2D eigenvalue weighted by atomic mass is 9.99. The summed E-state index contributed by atoms with van der Waals surface area (Å²) in [6.07, 6.45) is 0. The number of furan rings is 1. The molecule has 5 heteroatoms. The molecule has 0 unspecified atom stereocenters. The Morgan fingerprint density at radius 3 is 2.33 bits per heavy atom. The molecule has 4 nitrogen and oxygen atoms in total. The van der Waals surface area contributed by atoms with Gasteiger partial charge in [-0.2, -0.15) is 0 Å². The second-order valence-electron chi connectivity index (χ2n) is 6.13. The molecule has 0 fully saturated rings. The number of rotatable bonds is 4. The topological polar surface area (TPSA) is 62.5 Å². The van der Waals surface area contributed by atoms with E-state index in [4.69, 9.17) is 4.42 Å². The fourth-order valence-corrected chi connectivity index (χ4v) is 3.22. The molecule has 0 saturated carbocycles. The molecule has 0 bridgehead atoms. The largest absolute Gasteiger partial charge is 0.478 e. The molecule has 0 saturated heterocycles. The highest BCUT2D eigenvalue weighted by Gasteiger charge is 2.23. The first-order chi connectivity index (χ1) is 13.1. The van der Waals surface area contributed by atoms with E-state index >= 15 is 0 Å². The molecule has 0 amide bonds. The fourth-order valence-electron chi connectivity index (χ4n) is 3.22. The summed E-state index contributed by atoms with van der Waals surface area (Å²) in [5.41, 5.74) is 3.69. The highest BCUT2D eigenvalue weighted by molar-refractivity contribution is 6.10. The zero-order valence-corrected chi connectivity index (χ0v) is 14.5. The Balaban J connectivity index is 2.01. The number of hydrogen-bond donors (Lipinski definition) is 2. The molecule has 27 heavy (non-hydrogen) atoms. The van der Waals surface area contributed by atoms with Gasteiger partial charge in [0.2, 0.25) is 0 Å². The third-order valence-electron chi connectivity index (χ3n) is 4.50. The van der Waals surface area contributed by atoms with E-state index in [2.05, 4.69) is 5.32 Å². The lowest BCUT2D eigenvalue weighted by Gasteiger charge is -2.09. The lowest BCUT2D eigenvalue weighted by Crippen LogP contribution is -1.98. The number of carbonyl (C=O) groups is 1. The Morgan fingerprint density at radius 1 is 1.00 bits per heavy atom. The van der Waals surface area contributed by atoms with Gasteiger partial charge >= 0.3 is 5.97 Å². The van der Waals surface area contributed by atoms with Crippen molar-refractivity contribution in [1.29, 1.82) is 0 Å². The fraction of sp³-hybridized carbons (Fsp3) is 0.0455. The maximum atomic E-state index is 13.3. The third kappa shape index (κ3) is 2.93. The van der Waals surface area contributed by atoms with Gasteiger partial charge in [-0.25, -0.2) is 9.18 Å². The Labute approximate surface area is 154 Å². The Hall–Kier alpha value is -3.60. The predicted molar refractivity (Wildman–Crippen MR) is 104 cm³/mol. The molecule has 0 radical (unpaired) electrons. The van der Waals surface area contributed by atoms with Gasteiger partial charge in [-0.15, -0.1) is 0 Å². The van der Waals surface area contributed by atoms with Gasteiger partial charge in [0.05, 0.1) is 0 Å². The molecule has 4 aromatic rings. The highest BCUT2D eigenvalue weighted by Crippen LogP contribution is 2.39. The minimum Gasteiger partial charge on any atom is -0.478 e. The first kappa shape index (κ1) is 16.8. The van der Waals surface area contributed by atoms with Crippen molar-refractivity contribution in [3.8, 4) is 22.5 Å². The van der Waals surface area contributed by atoms with Crippen molar-refractivity contribution in [3.05, 3.63) is 78.1 Å². The van der Waals surface area contributed by atoms with Gasteiger partial charge in [-0.05, 0) is 35.9 Å². The van der Waals surface area contributed by atoms with Crippen LogP contribution in [0.2, 0.25) is 0 Å². The monoisotopic (exact) mass is 361 g/mol. The summed E-state index contributed by atoms with van der Waals surface area (Å²) < 4.78 is 19.1. The maximum Gasteiger partial charge on any atom is 0.340 e. The number of anilines is 1. The molecule has 0 aliphatic rings. The molecule has 0 aliphatic heterocycles. The number of nitrogens with one attached hydrogen (secondary N) is 1. The third-order valence-corrected chi connectivity index (χ3v) is 4.50. The summed E-state index contributed by atoms with van der Waals surface area (Å²) in [5.74, 6) is -1.27. The summed E-state index contributed by atoms with van der Waals surface area (Å²) in [6.45, 7) is 0. The van der Waals surface area contributed by atoms with Gasteiger partial charge < -0.3 is 14.8 Å². The van der Waals surface area contributed by atoms with Crippen molar-refractivity contribution in [3.63, 3.8) is 0 Å². The van der Waals surface area contributed by atoms with Crippen molar-refractivity contribution in [2.24, 2.45) is 0 Å². The number of fused-ring (bicyclic) bond motifs is 1. The van der Waals surface area contributed by atoms with Crippen molar-refractivity contribution in [1.82, 2.24) is 0 Å². The summed E-state index contributed by atoms with van der Waals surface area (Å²) in [6, 6.07) is 18.9. The van der Waals surface area contributed by atoms with E-state index in [1.807, 2.05) is 36.4 Å². The number of benzene rings is 3. The normalized spacial score (nSPS) is 10.9. The minimum absolute atomic E-state index is 0.0662. The summed E-state index contributed by atoms with van der Waals surface area (Å²) in [5, 5.41) is 13.4. The van der Waals surface area contributed by atoms with E-state index < -0.39 is 11.8 Å². The molecule has 3 aromatic carbocycles. The summed E-state index contributed by atoms with van der Waals surface area (Å²) in [4.78, 5) is 12.0. The number of carboxylic acid groups (broad SMARTS) is 1. The van der Waals surface area contributed by atoms with Crippen LogP contribution in [0.5, 0.6) is 0 Å². The molecule has 134 valence electrons. The van der Waals surface area contributed by atoms with Crippen LogP contribution in [0.3, 0.4) is 0 Å². The van der Waals surface area contributed by atoms with Gasteiger partial charge in [0.15, 0.2) is 0 Å². The molecule has 2 N–H and O–H groups in total. The van der Waals surface area contributed by atoms with Gasteiger partial charge in [0, 0.05) is 35.3 Å². The average Bonchev–Trinajstić information content (AvgIpc) is 3.06. The summed E-state index contributed by atoms with van der Waals surface area (Å²) >= 11 is 0. The van der Waals surface area contributed by atoms with Gasteiger partial charge in [0.25, 0.3) is 0 Å². The molecule has 1 heterocycles. The van der Waals surface area contributed by atoms with Crippen LogP contribution in [0.25, 0.3) is 33.4 Å². The zero-order chi connectivity index (χ0) is 19.0. The first-order valence-electron chi connectivity index (χ1n) is 8.41. The number of carboxylic acids is 1. The van der Waals surface area contributed by atoms with Crippen molar-refractivity contribution in [2.75, 3.05) is 12.4 Å². The van der Waals surface area contributed by atoms with Crippen LogP contribution in [0.15, 0.2) is 71.1 Å². The molecule has 0 spiro atoms. The van der Waals surface area contributed by atoms with Gasteiger partial charge in [-0.1, -0.05) is 30.3 Å². The molecule has 4 rings (SSSR count). The molecule has 0 aliphatic carbocycles. The second-order valence-corrected chi connectivity index (χ2v) is 6.13. The smallest absolute Gasteiger partial charge is 0.340 e. The Kier molecular flexibility index (Phi) is 4.12. The van der Waals surface area contributed by atoms with Gasteiger partial charge in [-0.3, -0.25) is 0 Å². The lowest BCUT2D eigenvalue weighted by molar-refractivity contribution is 0.0699. The van der Waals surface area contributed by atoms with Gasteiger partial charge in [0.1, 0.15) is 22.7 Å². The van der Waals surface area contributed by atoms with E-state index in [0.717, 1.165) is 16.8 Å². The van der Waals surface area contributed by atoms with Crippen LogP contribution < -0.4 is 5.32 Å². The Morgan fingerprint density at radius 2 is 1.70 bits per heavy atom. The second kappa shape index (κ2) is 6.61. The van der Waals surface area contributed by atoms with Crippen molar-refractivity contribution >= 4 is 22.6 Å². The highest BCUT2D eigenvalue weighted by atomic mass is 19.1. The van der Waals surface area contributed by atoms with E-state index in [0.29, 0.717) is 16.5 Å².